The van der Waals surface area contributed by atoms with E-state index in [1.54, 1.807) is 0 Å². The molecule has 0 radical (unpaired) electrons. The SMILES string of the molecule is CC(C)(C)[Si](OC[C@@H](O)[C@@H]1CCCCO1)(c1ccccc1)c1ccccc1. The third-order valence-electron chi connectivity index (χ3n) is 5.53. The number of ether oxygens (including phenoxy) is 1. The van der Waals surface area contributed by atoms with Crippen LogP contribution in [-0.4, -0.2) is 38.8 Å². The Bertz CT molecular complexity index is 651. The van der Waals surface area contributed by atoms with Crippen molar-refractivity contribution in [1.82, 2.24) is 0 Å². The van der Waals surface area contributed by atoms with Crippen LogP contribution in [-0.2, 0) is 9.16 Å². The number of hydrogen-bond acceptors (Lipinski definition) is 3. The van der Waals surface area contributed by atoms with E-state index in [9.17, 15) is 5.11 Å². The molecule has 1 heterocycles. The van der Waals surface area contributed by atoms with Gasteiger partial charge in [0.1, 0.15) is 6.10 Å². The molecule has 1 aliphatic rings. The molecule has 1 saturated heterocycles. The Morgan fingerprint density at radius 2 is 1.56 bits per heavy atom. The van der Waals surface area contributed by atoms with Crippen molar-refractivity contribution in [3.05, 3.63) is 60.7 Å². The minimum atomic E-state index is -2.59. The highest BCUT2D eigenvalue weighted by Gasteiger charge is 2.50. The van der Waals surface area contributed by atoms with Crippen LogP contribution >= 0.6 is 0 Å². The van der Waals surface area contributed by atoms with Crippen molar-refractivity contribution >= 4 is 18.7 Å². The number of hydrogen-bond donors (Lipinski definition) is 1. The lowest BCUT2D eigenvalue weighted by atomic mass is 10.1. The molecule has 0 unspecified atom stereocenters. The summed E-state index contributed by atoms with van der Waals surface area (Å²) < 4.78 is 12.6. The van der Waals surface area contributed by atoms with E-state index in [1.165, 1.54) is 10.4 Å². The highest BCUT2D eigenvalue weighted by atomic mass is 28.4. The first-order valence-corrected chi connectivity index (χ1v) is 11.9. The largest absolute Gasteiger partial charge is 0.405 e. The Balaban J connectivity index is 1.96. The van der Waals surface area contributed by atoms with Gasteiger partial charge in [-0.3, -0.25) is 0 Å². The van der Waals surface area contributed by atoms with Crippen LogP contribution in [0, 0.1) is 0 Å². The third-order valence-corrected chi connectivity index (χ3v) is 10.5. The zero-order valence-electron chi connectivity index (χ0n) is 16.7. The van der Waals surface area contributed by atoms with E-state index in [2.05, 4.69) is 69.3 Å². The van der Waals surface area contributed by atoms with Gasteiger partial charge in [-0.05, 0) is 34.7 Å². The average molecular weight is 385 g/mol. The molecule has 0 aromatic heterocycles. The van der Waals surface area contributed by atoms with Crippen molar-refractivity contribution in [2.75, 3.05) is 13.2 Å². The van der Waals surface area contributed by atoms with Crippen molar-refractivity contribution in [2.45, 2.75) is 57.3 Å². The lowest BCUT2D eigenvalue weighted by Gasteiger charge is -2.43. The van der Waals surface area contributed by atoms with Gasteiger partial charge in [-0.15, -0.1) is 0 Å². The quantitative estimate of drug-likeness (QED) is 0.775. The van der Waals surface area contributed by atoms with E-state index in [0.717, 1.165) is 25.9 Å². The standard InChI is InChI=1S/C23H32O3Si/c1-23(2,3)27(19-12-6-4-7-13-19,20-14-8-5-9-15-20)26-18-21(24)22-16-10-11-17-25-22/h4-9,12-15,21-22,24H,10-11,16-18H2,1-3H3/t21-,22+/m1/s1. The molecule has 0 saturated carbocycles. The lowest BCUT2D eigenvalue weighted by molar-refractivity contribution is -0.0760. The zero-order valence-corrected chi connectivity index (χ0v) is 17.7. The second kappa shape index (κ2) is 8.70. The maximum Gasteiger partial charge on any atom is 0.261 e. The topological polar surface area (TPSA) is 38.7 Å². The molecule has 1 fully saturated rings. The smallest absolute Gasteiger partial charge is 0.261 e. The molecular formula is C23H32O3Si. The predicted molar refractivity (Wildman–Crippen MR) is 113 cm³/mol. The molecule has 0 bridgehead atoms. The summed E-state index contributed by atoms with van der Waals surface area (Å²) in [6, 6.07) is 21.1. The molecule has 2 atom stereocenters. The Hall–Kier alpha value is -1.46. The molecule has 0 amide bonds. The van der Waals surface area contributed by atoms with Crippen LogP contribution in [0.5, 0.6) is 0 Å². The van der Waals surface area contributed by atoms with Crippen molar-refractivity contribution in [3.63, 3.8) is 0 Å². The number of aliphatic hydroxyl groups is 1. The summed E-state index contributed by atoms with van der Waals surface area (Å²) in [6.07, 6.45) is 2.40. The molecule has 0 aliphatic carbocycles. The summed E-state index contributed by atoms with van der Waals surface area (Å²) in [5.74, 6) is 0. The average Bonchev–Trinajstić information content (AvgIpc) is 2.69. The third kappa shape index (κ3) is 4.35. The van der Waals surface area contributed by atoms with Crippen LogP contribution in [0.15, 0.2) is 60.7 Å². The highest BCUT2D eigenvalue weighted by Crippen LogP contribution is 2.37. The van der Waals surface area contributed by atoms with Crippen LogP contribution in [0.4, 0.5) is 0 Å². The molecule has 0 spiro atoms. The fourth-order valence-electron chi connectivity index (χ4n) is 4.15. The molecule has 4 heteroatoms. The molecule has 2 aromatic rings. The van der Waals surface area contributed by atoms with E-state index in [-0.39, 0.29) is 11.1 Å². The zero-order chi connectivity index (χ0) is 19.3. The van der Waals surface area contributed by atoms with E-state index in [0.29, 0.717) is 6.61 Å². The van der Waals surface area contributed by atoms with Crippen LogP contribution in [0.25, 0.3) is 0 Å². The van der Waals surface area contributed by atoms with Crippen LogP contribution in [0.2, 0.25) is 5.04 Å². The van der Waals surface area contributed by atoms with Crippen LogP contribution < -0.4 is 10.4 Å². The van der Waals surface area contributed by atoms with Gasteiger partial charge in [0.05, 0.1) is 12.7 Å². The van der Waals surface area contributed by atoms with E-state index < -0.39 is 14.4 Å². The molecular weight excluding hydrogens is 352 g/mol. The van der Waals surface area contributed by atoms with Gasteiger partial charge in [-0.25, -0.2) is 0 Å². The summed E-state index contributed by atoms with van der Waals surface area (Å²) in [4.78, 5) is 0. The first-order chi connectivity index (χ1) is 12.9. The summed E-state index contributed by atoms with van der Waals surface area (Å²) in [6.45, 7) is 7.80. The van der Waals surface area contributed by atoms with Gasteiger partial charge < -0.3 is 14.3 Å². The Morgan fingerprint density at radius 1 is 1.00 bits per heavy atom. The van der Waals surface area contributed by atoms with Gasteiger partial charge in [0.15, 0.2) is 0 Å². The maximum absolute atomic E-state index is 10.8. The normalized spacial score (nSPS) is 19.6. The summed E-state index contributed by atoms with van der Waals surface area (Å²) >= 11 is 0. The molecule has 1 N–H and O–H groups in total. The fraction of sp³-hybridized carbons (Fsp3) is 0.478. The number of rotatable bonds is 6. The van der Waals surface area contributed by atoms with Crippen molar-refractivity contribution in [3.8, 4) is 0 Å². The fourth-order valence-corrected chi connectivity index (χ4v) is 8.72. The van der Waals surface area contributed by atoms with Gasteiger partial charge in [0.2, 0.25) is 0 Å². The van der Waals surface area contributed by atoms with E-state index >= 15 is 0 Å². The second-order valence-electron chi connectivity index (χ2n) is 8.45. The molecule has 27 heavy (non-hydrogen) atoms. The summed E-state index contributed by atoms with van der Waals surface area (Å²) in [7, 11) is -2.59. The van der Waals surface area contributed by atoms with Crippen LogP contribution in [0.3, 0.4) is 0 Å². The van der Waals surface area contributed by atoms with Gasteiger partial charge >= 0.3 is 0 Å². The lowest BCUT2D eigenvalue weighted by Crippen LogP contribution is -2.67. The number of aliphatic hydroxyl groups excluding tert-OH is 1. The van der Waals surface area contributed by atoms with Crippen LogP contribution in [0.1, 0.15) is 40.0 Å². The van der Waals surface area contributed by atoms with E-state index in [4.69, 9.17) is 9.16 Å². The first kappa shape index (κ1) is 20.3. The Labute approximate surface area is 164 Å². The second-order valence-corrected chi connectivity index (χ2v) is 12.8. The van der Waals surface area contributed by atoms with Gasteiger partial charge in [0.25, 0.3) is 8.32 Å². The van der Waals surface area contributed by atoms with Crippen molar-refractivity contribution in [1.29, 1.82) is 0 Å². The van der Waals surface area contributed by atoms with E-state index in [1.807, 2.05) is 12.1 Å². The highest BCUT2D eigenvalue weighted by molar-refractivity contribution is 6.99. The number of benzene rings is 2. The minimum absolute atomic E-state index is 0.0805. The summed E-state index contributed by atoms with van der Waals surface area (Å²) in [5, 5.41) is 13.2. The maximum atomic E-state index is 10.8. The monoisotopic (exact) mass is 384 g/mol. The first-order valence-electron chi connectivity index (χ1n) is 10.00. The van der Waals surface area contributed by atoms with Gasteiger partial charge in [0, 0.05) is 6.61 Å². The molecule has 3 rings (SSSR count). The molecule has 146 valence electrons. The van der Waals surface area contributed by atoms with Gasteiger partial charge in [-0.1, -0.05) is 81.4 Å². The molecule has 3 nitrogen and oxygen atoms in total. The van der Waals surface area contributed by atoms with Crippen molar-refractivity contribution < 1.29 is 14.3 Å². The molecule has 2 aromatic carbocycles. The predicted octanol–water partition coefficient (Wildman–Crippen LogP) is 3.49. The molecule has 1 aliphatic heterocycles. The summed E-state index contributed by atoms with van der Waals surface area (Å²) in [5.41, 5.74) is 0. The van der Waals surface area contributed by atoms with Crippen molar-refractivity contribution in [2.24, 2.45) is 0 Å². The minimum Gasteiger partial charge on any atom is -0.405 e. The Morgan fingerprint density at radius 3 is 2.00 bits per heavy atom. The Kier molecular flexibility index (Phi) is 6.53. The van der Waals surface area contributed by atoms with Gasteiger partial charge in [-0.2, -0.15) is 0 Å².